The van der Waals surface area contributed by atoms with Crippen LogP contribution in [0.2, 0.25) is 0 Å². The molecular formula is C86H118N20O20S. The first-order valence-electron chi connectivity index (χ1n) is 41.8. The predicted octanol–water partition coefficient (Wildman–Crippen LogP) is -2.74. The van der Waals surface area contributed by atoms with Crippen molar-refractivity contribution in [3.8, 4) is 5.75 Å². The summed E-state index contributed by atoms with van der Waals surface area (Å²) >= 11 is 4.21. The SMILES string of the molecule is CCC(=O)N[C@H](Cc1c[nH]c2ccccc12)C(=O)N1CCC[C@H]1C(=O)N(C)[C@@H](C)C(=O)N[C@@H](CC(=O)O)C(=O)N[C@H](C(=O)N(C)[C@@H](CO)C(=O)NCC(=O)N[C@@H](CCCNC(=N)N)C(=O)N(C)[C@@H](Cc1ccccc1)C(=O)N(C)CC(=O)N[C@@H](Cc1ccc(O)cc1)C(=O)N(C)[C@@H](Cc1ccccc1)C(=O)N1CCC[C@H]1C(=O)N[C@@H](CS)C(=O)NCC(N)=O)C(C)C. The molecule has 0 bridgehead atoms. The second kappa shape index (κ2) is 48.3. The number of carbonyl (C=O) groups excluding carboxylic acids is 16. The molecule has 0 unspecified atom stereocenters. The zero-order chi connectivity index (χ0) is 93.6. The van der Waals surface area contributed by atoms with Crippen LogP contribution in [0.5, 0.6) is 5.75 Å². The molecule has 688 valence electrons. The van der Waals surface area contributed by atoms with E-state index in [0.717, 1.165) is 48.0 Å². The number of aliphatic hydroxyl groups is 1. The topological polar surface area (TPSA) is 574 Å². The fourth-order valence-electron chi connectivity index (χ4n) is 15.0. The number of phenols is 1. The van der Waals surface area contributed by atoms with Gasteiger partial charge in [0.1, 0.15) is 78.3 Å². The summed E-state index contributed by atoms with van der Waals surface area (Å²) in [4.78, 5) is 249. The lowest BCUT2D eigenvalue weighted by Crippen LogP contribution is -2.61. The number of carboxylic acid groups (broad SMARTS) is 1. The van der Waals surface area contributed by atoms with Gasteiger partial charge in [-0.25, -0.2) is 0 Å². The van der Waals surface area contributed by atoms with E-state index in [1.165, 1.54) is 83.0 Å². The van der Waals surface area contributed by atoms with Gasteiger partial charge in [0.05, 0.1) is 32.7 Å². The standard InChI is InChI=1S/C86H118N20O20S/c1-10-69(110)95-61(41-54-43-91-57-27-18-17-26-56(54)57)81(122)106-37-21-30-64(106)83(124)101(6)50(4)74(115)97-59(42-72(113)114)76(117)99-73(49(2)3)85(126)104(9)67(47-107)77(118)93-45-70(111)94-58(28-19-35-90-86(88)89)79(120)102(7)65(39-51-22-13-11-14-23-51)82(123)100(5)46-71(112)96-60(38-53-31-33-55(108)34-32-53)80(121)103(8)66(40-52-24-15-12-16-25-52)84(125)105-36-20-29-63(105)78(119)98-62(48-127)75(116)92-44-68(87)109/h11-18,22-27,31-34,43,49-50,58-67,73,91,107-108,127H,10,19-21,28-30,35-42,44-48H2,1-9H3,(H2,87,109)(H,92,116)(H,93,118)(H,94,111)(H,95,110)(H,96,112)(H,97,115)(H,98,119)(H,99,117)(H,113,114)(H4,88,89,90)/t50-,58-,59-,60-,61+,62-,63-,64-,65-,66-,67-,73-/m0/s1. The number of H-pyrrole nitrogens is 1. The van der Waals surface area contributed by atoms with Gasteiger partial charge in [-0.2, -0.15) is 12.6 Å². The number of benzene rings is 4. The van der Waals surface area contributed by atoms with Crippen molar-refractivity contribution in [2.45, 2.75) is 177 Å². The van der Waals surface area contributed by atoms with Crippen molar-refractivity contribution in [2.75, 3.05) is 86.9 Å². The number of likely N-dealkylation sites (tertiary alicyclic amines) is 2. The fraction of sp³-hybridized carbons (Fsp3) is 0.488. The van der Waals surface area contributed by atoms with E-state index in [4.69, 9.17) is 16.9 Å². The van der Waals surface area contributed by atoms with Gasteiger partial charge < -0.3 is 114 Å². The van der Waals surface area contributed by atoms with Crippen LogP contribution in [0.15, 0.2) is 115 Å². The van der Waals surface area contributed by atoms with Crippen LogP contribution in [0.25, 0.3) is 10.9 Å². The van der Waals surface area contributed by atoms with E-state index in [0.29, 0.717) is 29.5 Å². The van der Waals surface area contributed by atoms with Gasteiger partial charge in [0.2, 0.25) is 94.5 Å². The number of aliphatic hydroxyl groups excluding tert-OH is 1. The van der Waals surface area contributed by atoms with Gasteiger partial charge in [-0.15, -0.1) is 0 Å². The molecule has 4 aromatic carbocycles. The number of primary amides is 1. The highest BCUT2D eigenvalue weighted by atomic mass is 32.1. The summed E-state index contributed by atoms with van der Waals surface area (Å²) in [6, 6.07) is 13.4. The molecule has 7 rings (SSSR count). The number of fused-ring (bicyclic) bond motifs is 1. The monoisotopic (exact) mass is 1780 g/mol. The van der Waals surface area contributed by atoms with Crippen LogP contribution in [0.1, 0.15) is 101 Å². The van der Waals surface area contributed by atoms with Crippen LogP contribution in [0.4, 0.5) is 0 Å². The van der Waals surface area contributed by atoms with E-state index in [-0.39, 0.29) is 88.9 Å². The molecular weight excluding hydrogens is 1670 g/mol. The van der Waals surface area contributed by atoms with Gasteiger partial charge in [0.15, 0.2) is 5.96 Å². The minimum atomic E-state index is -1.88. The molecule has 2 aliphatic heterocycles. The van der Waals surface area contributed by atoms with Crippen LogP contribution in [-0.2, 0) is 107 Å². The predicted molar refractivity (Wildman–Crippen MR) is 467 cm³/mol. The maximum absolute atomic E-state index is 15.2. The summed E-state index contributed by atoms with van der Waals surface area (Å²) in [6.07, 6.45) is 1.39. The Balaban J connectivity index is 1.02. The van der Waals surface area contributed by atoms with Crippen molar-refractivity contribution < 1.29 is 96.8 Å². The Labute approximate surface area is 740 Å². The normalized spacial score (nSPS) is 15.9. The first-order valence-corrected chi connectivity index (χ1v) is 42.4. The lowest BCUT2D eigenvalue weighted by molar-refractivity contribution is -0.149. The smallest absolute Gasteiger partial charge is 0.305 e. The van der Waals surface area contributed by atoms with Crippen molar-refractivity contribution in [1.29, 1.82) is 5.41 Å². The number of carboxylic acids is 1. The van der Waals surface area contributed by atoms with Crippen molar-refractivity contribution in [1.82, 2.24) is 87.1 Å². The highest BCUT2D eigenvalue weighted by Crippen LogP contribution is 2.27. The molecule has 41 heteroatoms. The molecule has 127 heavy (non-hydrogen) atoms. The van der Waals surface area contributed by atoms with Gasteiger partial charge in [-0.3, -0.25) is 86.9 Å². The van der Waals surface area contributed by atoms with E-state index >= 15 is 19.2 Å². The zero-order valence-electron chi connectivity index (χ0n) is 72.6. The number of rotatable bonds is 46. The van der Waals surface area contributed by atoms with Crippen LogP contribution in [0.3, 0.4) is 0 Å². The Hall–Kier alpha value is -13.2. The Morgan fingerprint density at radius 3 is 1.69 bits per heavy atom. The number of hydrogen-bond donors (Lipinski definition) is 17. The van der Waals surface area contributed by atoms with Crippen molar-refractivity contribution in [3.63, 3.8) is 0 Å². The number of carbonyl (C=O) groups is 17. The molecule has 2 aliphatic rings. The number of aromatic amines is 1. The number of nitrogens with zero attached hydrogens (tertiary/aromatic N) is 7. The number of guanidine groups is 1. The third kappa shape index (κ3) is 28.7. The summed E-state index contributed by atoms with van der Waals surface area (Å²) in [7, 11) is 6.31. The number of likely N-dealkylation sites (N-methyl/N-ethyl adjacent to an activating group) is 5. The molecule has 40 nitrogen and oxygen atoms in total. The van der Waals surface area contributed by atoms with E-state index in [9.17, 15) is 77.6 Å². The molecule has 2 fully saturated rings. The highest BCUT2D eigenvalue weighted by Gasteiger charge is 2.45. The highest BCUT2D eigenvalue weighted by molar-refractivity contribution is 7.80. The number of hydrogen-bond acceptors (Lipinski definition) is 21. The maximum Gasteiger partial charge on any atom is 0.305 e. The van der Waals surface area contributed by atoms with E-state index < -0.39 is 218 Å². The molecule has 16 amide bonds. The summed E-state index contributed by atoms with van der Waals surface area (Å²) in [6.45, 7) is 2.93. The average molecular weight is 1780 g/mol. The quantitative estimate of drug-likeness (QED) is 0.00814. The van der Waals surface area contributed by atoms with E-state index in [1.54, 1.807) is 73.8 Å². The number of aliphatic carboxylic acids is 1. The number of aromatic hydroxyl groups is 1. The fourth-order valence-corrected chi connectivity index (χ4v) is 15.2. The minimum Gasteiger partial charge on any atom is -0.508 e. The van der Waals surface area contributed by atoms with Crippen LogP contribution < -0.4 is 59.3 Å². The molecule has 12 atom stereocenters. The number of thiol groups is 1. The first-order chi connectivity index (χ1) is 60.3. The lowest BCUT2D eigenvalue weighted by atomic mass is 10.00. The summed E-state index contributed by atoms with van der Waals surface area (Å²) in [5.74, 6) is -16.3. The summed E-state index contributed by atoms with van der Waals surface area (Å²) in [5.41, 5.74) is 13.9. The molecule has 0 saturated carbocycles. The third-order valence-electron chi connectivity index (χ3n) is 22.4. The van der Waals surface area contributed by atoms with E-state index in [1.807, 2.05) is 24.3 Å². The number of aromatic nitrogens is 1. The number of para-hydroxylation sites is 1. The Kier molecular flexibility index (Phi) is 38.4. The number of nitrogens with two attached hydrogens (primary N) is 2. The summed E-state index contributed by atoms with van der Waals surface area (Å²) < 4.78 is 0. The second-order valence-electron chi connectivity index (χ2n) is 31.8. The molecule has 5 aromatic rings. The summed E-state index contributed by atoms with van der Waals surface area (Å²) in [5, 5.41) is 62.3. The third-order valence-corrected chi connectivity index (χ3v) is 22.7. The molecule has 0 aliphatic carbocycles. The zero-order valence-corrected chi connectivity index (χ0v) is 73.5. The van der Waals surface area contributed by atoms with E-state index in [2.05, 4.69) is 65.5 Å². The molecule has 0 radical (unpaired) electrons. The average Bonchev–Trinajstić information content (AvgIpc) is 1.73. The molecule has 18 N–H and O–H groups in total. The van der Waals surface area contributed by atoms with Gasteiger partial charge in [-0.05, 0) is 91.8 Å². The molecule has 0 spiro atoms. The van der Waals surface area contributed by atoms with Gasteiger partial charge in [-0.1, -0.05) is 112 Å². The van der Waals surface area contributed by atoms with Gasteiger partial charge in [0, 0.05) is 110 Å². The van der Waals surface area contributed by atoms with Crippen molar-refractivity contribution in [2.24, 2.45) is 17.4 Å². The Bertz CT molecular complexity index is 4750. The number of nitrogens with one attached hydrogen (secondary N) is 11. The maximum atomic E-state index is 15.2. The molecule has 3 heterocycles. The van der Waals surface area contributed by atoms with Gasteiger partial charge >= 0.3 is 5.97 Å². The number of phenolic OH excluding ortho intramolecular Hbond substituents is 1. The van der Waals surface area contributed by atoms with Crippen molar-refractivity contribution >= 4 is 130 Å². The van der Waals surface area contributed by atoms with Crippen molar-refractivity contribution in [3.05, 3.63) is 138 Å². The first kappa shape index (κ1) is 101. The molecule has 1 aromatic heterocycles. The lowest BCUT2D eigenvalue weighted by Gasteiger charge is -2.35. The second-order valence-corrected chi connectivity index (χ2v) is 32.2. The van der Waals surface area contributed by atoms with Crippen LogP contribution in [0, 0.1) is 11.3 Å². The largest absolute Gasteiger partial charge is 0.508 e. The Morgan fingerprint density at radius 2 is 1.09 bits per heavy atom. The molecule has 2 saturated heterocycles. The number of amides is 16. The van der Waals surface area contributed by atoms with Gasteiger partial charge in [0.25, 0.3) is 0 Å². The minimum absolute atomic E-state index is 0.00418. The Morgan fingerprint density at radius 1 is 0.543 bits per heavy atom. The van der Waals surface area contributed by atoms with Crippen LogP contribution >= 0.6 is 12.6 Å². The van der Waals surface area contributed by atoms with Crippen LogP contribution in [-0.4, -0.2) is 320 Å².